The molecule has 2 N–H and O–H groups in total. The minimum Gasteiger partial charge on any atom is -0.303 e. The van der Waals surface area contributed by atoms with Crippen molar-refractivity contribution in [2.45, 2.75) is 19.5 Å². The largest absolute Gasteiger partial charge is 0.303 e. The molecule has 0 saturated carbocycles. The molecule has 6 heteroatoms. The Morgan fingerprint density at radius 2 is 2.24 bits per heavy atom. The normalized spacial score (nSPS) is 12.6. The van der Waals surface area contributed by atoms with Crippen LogP contribution in [0.4, 0.5) is 0 Å². The Labute approximate surface area is 116 Å². The van der Waals surface area contributed by atoms with Crippen molar-refractivity contribution in [3.05, 3.63) is 44.9 Å². The maximum atomic E-state index is 4.07. The van der Waals surface area contributed by atoms with E-state index in [1.807, 2.05) is 12.1 Å². The van der Waals surface area contributed by atoms with Crippen LogP contribution < -0.4 is 5.32 Å². The van der Waals surface area contributed by atoms with E-state index < -0.39 is 0 Å². The number of benzene rings is 1. The Balaban J connectivity index is 2.01. The summed E-state index contributed by atoms with van der Waals surface area (Å²) >= 11 is 7.00. The lowest BCUT2D eigenvalue weighted by molar-refractivity contribution is 0.558. The molecule has 1 aromatic heterocycles. The number of halogens is 2. The van der Waals surface area contributed by atoms with E-state index in [2.05, 4.69) is 65.3 Å². The van der Waals surface area contributed by atoms with E-state index >= 15 is 0 Å². The van der Waals surface area contributed by atoms with Crippen LogP contribution in [0.2, 0.25) is 0 Å². The van der Waals surface area contributed by atoms with Crippen LogP contribution in [0.5, 0.6) is 0 Å². The lowest BCUT2D eigenvalue weighted by Crippen LogP contribution is -2.19. The van der Waals surface area contributed by atoms with E-state index in [1.54, 1.807) is 0 Å². The highest BCUT2D eigenvalue weighted by molar-refractivity contribution is 9.11. The first-order valence-electron chi connectivity index (χ1n) is 5.19. The molecule has 0 spiro atoms. The van der Waals surface area contributed by atoms with Crippen molar-refractivity contribution in [3.8, 4) is 0 Å². The highest BCUT2D eigenvalue weighted by Gasteiger charge is 2.09. The number of nitrogens with zero attached hydrogens (tertiary/aromatic N) is 2. The van der Waals surface area contributed by atoms with E-state index in [9.17, 15) is 0 Å². The maximum Gasteiger partial charge on any atom is 0.138 e. The van der Waals surface area contributed by atoms with Gasteiger partial charge in [-0.15, -0.1) is 0 Å². The lowest BCUT2D eigenvalue weighted by Gasteiger charge is -2.15. The van der Waals surface area contributed by atoms with Crippen molar-refractivity contribution in [3.63, 3.8) is 0 Å². The number of aromatic nitrogens is 3. The van der Waals surface area contributed by atoms with Gasteiger partial charge >= 0.3 is 0 Å². The van der Waals surface area contributed by atoms with Crippen LogP contribution in [-0.4, -0.2) is 15.2 Å². The van der Waals surface area contributed by atoms with Gasteiger partial charge in [0.1, 0.15) is 12.2 Å². The van der Waals surface area contributed by atoms with Gasteiger partial charge in [0.15, 0.2) is 0 Å². The number of aromatic amines is 1. The van der Waals surface area contributed by atoms with Gasteiger partial charge in [-0.2, -0.15) is 5.10 Å². The minimum absolute atomic E-state index is 0.238. The van der Waals surface area contributed by atoms with Gasteiger partial charge in [0, 0.05) is 15.0 Å². The molecule has 1 aromatic carbocycles. The van der Waals surface area contributed by atoms with Gasteiger partial charge in [0.25, 0.3) is 0 Å². The Kier molecular flexibility index (Phi) is 4.31. The molecular weight excluding hydrogens is 348 g/mol. The van der Waals surface area contributed by atoms with Crippen molar-refractivity contribution in [2.75, 3.05) is 0 Å². The quantitative estimate of drug-likeness (QED) is 0.881. The zero-order valence-corrected chi connectivity index (χ0v) is 12.4. The zero-order valence-electron chi connectivity index (χ0n) is 9.24. The first kappa shape index (κ1) is 12.7. The van der Waals surface area contributed by atoms with Gasteiger partial charge in [-0.05, 0) is 24.6 Å². The van der Waals surface area contributed by atoms with Crippen LogP contribution in [0.1, 0.15) is 24.4 Å². The van der Waals surface area contributed by atoms with E-state index in [4.69, 9.17) is 0 Å². The Bertz CT molecular complexity index is 484. The summed E-state index contributed by atoms with van der Waals surface area (Å²) in [5.74, 6) is 0.838. The van der Waals surface area contributed by atoms with Gasteiger partial charge in [-0.3, -0.25) is 5.10 Å². The second-order valence-corrected chi connectivity index (χ2v) is 5.47. The topological polar surface area (TPSA) is 53.6 Å². The van der Waals surface area contributed by atoms with Gasteiger partial charge in [-0.25, -0.2) is 4.98 Å². The number of H-pyrrole nitrogens is 1. The fourth-order valence-electron chi connectivity index (χ4n) is 1.53. The fourth-order valence-corrected chi connectivity index (χ4v) is 2.92. The van der Waals surface area contributed by atoms with Crippen molar-refractivity contribution in [2.24, 2.45) is 0 Å². The molecule has 1 unspecified atom stereocenters. The SMILES string of the molecule is CC(NCc1ncn[nH]1)c1ccc(Br)cc1Br. The average molecular weight is 360 g/mol. The lowest BCUT2D eigenvalue weighted by atomic mass is 10.1. The summed E-state index contributed by atoms with van der Waals surface area (Å²) in [7, 11) is 0. The predicted molar refractivity (Wildman–Crippen MR) is 73.5 cm³/mol. The standard InChI is InChI=1S/C11H12Br2N4/c1-7(14-5-11-15-6-16-17-11)9-3-2-8(12)4-10(9)13/h2-4,6-7,14H,5H2,1H3,(H,15,16,17). The molecule has 1 atom stereocenters. The summed E-state index contributed by atoms with van der Waals surface area (Å²) in [6, 6.07) is 6.41. The second-order valence-electron chi connectivity index (χ2n) is 3.70. The first-order valence-corrected chi connectivity index (χ1v) is 6.78. The van der Waals surface area contributed by atoms with Crippen molar-refractivity contribution in [1.29, 1.82) is 0 Å². The summed E-state index contributed by atoms with van der Waals surface area (Å²) < 4.78 is 2.15. The second kappa shape index (κ2) is 5.75. The monoisotopic (exact) mass is 358 g/mol. The molecule has 0 saturated heterocycles. The number of rotatable bonds is 4. The predicted octanol–water partition coefficient (Wildman–Crippen LogP) is 3.18. The molecule has 0 aliphatic heterocycles. The van der Waals surface area contributed by atoms with Crippen molar-refractivity contribution in [1.82, 2.24) is 20.5 Å². The highest BCUT2D eigenvalue weighted by Crippen LogP contribution is 2.26. The molecule has 0 aliphatic rings. The summed E-state index contributed by atoms with van der Waals surface area (Å²) in [4.78, 5) is 4.07. The van der Waals surface area contributed by atoms with Gasteiger partial charge in [0.2, 0.25) is 0 Å². The Hall–Kier alpha value is -0.720. The third-order valence-corrected chi connectivity index (χ3v) is 3.65. The van der Waals surface area contributed by atoms with Gasteiger partial charge in [0.05, 0.1) is 6.54 Å². The molecule has 0 fully saturated rings. The Morgan fingerprint density at radius 1 is 1.41 bits per heavy atom. The third-order valence-electron chi connectivity index (χ3n) is 2.47. The molecule has 0 amide bonds. The first-order chi connectivity index (χ1) is 8.16. The number of hydrogen-bond acceptors (Lipinski definition) is 3. The van der Waals surface area contributed by atoms with E-state index in [1.165, 1.54) is 11.9 Å². The third kappa shape index (κ3) is 3.37. The van der Waals surface area contributed by atoms with E-state index in [0.29, 0.717) is 6.54 Å². The maximum absolute atomic E-state index is 4.07. The summed E-state index contributed by atoms with van der Waals surface area (Å²) in [6.45, 7) is 2.79. The van der Waals surface area contributed by atoms with Crippen molar-refractivity contribution >= 4 is 31.9 Å². The van der Waals surface area contributed by atoms with Gasteiger partial charge in [-0.1, -0.05) is 37.9 Å². The van der Waals surface area contributed by atoms with Crippen LogP contribution >= 0.6 is 31.9 Å². The molecule has 2 rings (SSSR count). The van der Waals surface area contributed by atoms with Crippen molar-refractivity contribution < 1.29 is 0 Å². The van der Waals surface area contributed by atoms with E-state index in [0.717, 1.165) is 14.8 Å². The van der Waals surface area contributed by atoms with Crippen LogP contribution in [0.3, 0.4) is 0 Å². The minimum atomic E-state index is 0.238. The van der Waals surface area contributed by atoms with Crippen LogP contribution in [0.15, 0.2) is 33.5 Å². The molecule has 0 radical (unpaired) electrons. The van der Waals surface area contributed by atoms with Crippen LogP contribution in [0, 0.1) is 0 Å². The Morgan fingerprint density at radius 3 is 2.88 bits per heavy atom. The zero-order chi connectivity index (χ0) is 12.3. The molecule has 90 valence electrons. The number of nitrogens with one attached hydrogen (secondary N) is 2. The molecule has 0 bridgehead atoms. The fraction of sp³-hybridized carbons (Fsp3) is 0.273. The summed E-state index contributed by atoms with van der Waals surface area (Å²) in [5, 5.41) is 10.0. The van der Waals surface area contributed by atoms with Gasteiger partial charge < -0.3 is 5.32 Å². The molecule has 2 aromatic rings. The number of hydrogen-bond donors (Lipinski definition) is 2. The highest BCUT2D eigenvalue weighted by atomic mass is 79.9. The summed E-state index contributed by atoms with van der Waals surface area (Å²) in [6.07, 6.45) is 1.51. The molecule has 17 heavy (non-hydrogen) atoms. The average Bonchev–Trinajstić information content (AvgIpc) is 2.78. The molecule has 4 nitrogen and oxygen atoms in total. The smallest absolute Gasteiger partial charge is 0.138 e. The molecule has 1 heterocycles. The molecule has 0 aliphatic carbocycles. The molecular formula is C11H12Br2N4. The summed E-state index contributed by atoms with van der Waals surface area (Å²) in [5.41, 5.74) is 1.22. The van der Waals surface area contributed by atoms with Crippen LogP contribution in [-0.2, 0) is 6.54 Å². The van der Waals surface area contributed by atoms with E-state index in [-0.39, 0.29) is 6.04 Å². The van der Waals surface area contributed by atoms with Crippen LogP contribution in [0.25, 0.3) is 0 Å².